The van der Waals surface area contributed by atoms with E-state index in [4.69, 9.17) is 4.74 Å². The lowest BCUT2D eigenvalue weighted by molar-refractivity contribution is 0.416. The smallest absolute Gasteiger partial charge is 0.177 e. The quantitative estimate of drug-likeness (QED) is 0.360. The second-order valence-corrected chi connectivity index (χ2v) is 9.86. The Bertz CT molecular complexity index is 1480. The SMILES string of the molecule is COc1c(Nc2cc(C)[nH]n2)nc(Nc2ccc(S(C)(=O)=O)cc2F)c(C)c1-c1cnn(C)c1. The number of aromatic amines is 1. The molecule has 0 aliphatic heterocycles. The molecular formula is C22H24FN7O3S. The van der Waals surface area contributed by atoms with Gasteiger partial charge >= 0.3 is 0 Å². The van der Waals surface area contributed by atoms with Crippen molar-refractivity contribution in [3.63, 3.8) is 0 Å². The molecule has 10 nitrogen and oxygen atoms in total. The number of sulfone groups is 1. The zero-order chi connectivity index (χ0) is 24.6. The molecule has 0 fully saturated rings. The summed E-state index contributed by atoms with van der Waals surface area (Å²) in [5, 5.41) is 17.4. The molecule has 0 aliphatic rings. The average molecular weight is 486 g/mol. The molecule has 3 aromatic heterocycles. The van der Waals surface area contributed by atoms with Gasteiger partial charge in [-0.3, -0.25) is 9.78 Å². The molecule has 4 aromatic rings. The molecule has 4 rings (SSSR count). The van der Waals surface area contributed by atoms with Crippen molar-refractivity contribution in [1.29, 1.82) is 0 Å². The van der Waals surface area contributed by atoms with E-state index in [0.717, 1.165) is 23.6 Å². The highest BCUT2D eigenvalue weighted by Crippen LogP contribution is 2.42. The second-order valence-electron chi connectivity index (χ2n) is 7.84. The number of nitrogens with zero attached hydrogens (tertiary/aromatic N) is 4. The number of rotatable bonds is 7. The lowest BCUT2D eigenvalue weighted by atomic mass is 10.0. The zero-order valence-corrected chi connectivity index (χ0v) is 20.1. The maximum atomic E-state index is 14.8. The van der Waals surface area contributed by atoms with E-state index in [-0.39, 0.29) is 10.6 Å². The highest BCUT2D eigenvalue weighted by atomic mass is 32.2. The molecule has 0 spiro atoms. The fourth-order valence-electron chi connectivity index (χ4n) is 3.52. The number of hydrogen-bond donors (Lipinski definition) is 3. The number of aromatic nitrogens is 5. The second kappa shape index (κ2) is 8.78. The van der Waals surface area contributed by atoms with Crippen LogP contribution in [0.15, 0.2) is 41.6 Å². The lowest BCUT2D eigenvalue weighted by Gasteiger charge is -2.19. The number of nitrogens with one attached hydrogen (secondary N) is 3. The Balaban J connectivity index is 1.86. The third kappa shape index (κ3) is 4.57. The Labute approximate surface area is 196 Å². The normalized spacial score (nSPS) is 11.5. The summed E-state index contributed by atoms with van der Waals surface area (Å²) in [5.74, 6) is 0.971. The predicted octanol–water partition coefficient (Wildman–Crippen LogP) is 3.86. The van der Waals surface area contributed by atoms with E-state index in [2.05, 4.69) is 30.9 Å². The van der Waals surface area contributed by atoms with Gasteiger partial charge in [-0.15, -0.1) is 0 Å². The van der Waals surface area contributed by atoms with Crippen molar-refractivity contribution in [1.82, 2.24) is 25.0 Å². The van der Waals surface area contributed by atoms with Gasteiger partial charge in [-0.2, -0.15) is 10.2 Å². The summed E-state index contributed by atoms with van der Waals surface area (Å²) in [6, 6.07) is 5.49. The summed E-state index contributed by atoms with van der Waals surface area (Å²) in [6.07, 6.45) is 4.55. The van der Waals surface area contributed by atoms with Gasteiger partial charge in [0.15, 0.2) is 27.2 Å². The van der Waals surface area contributed by atoms with Crippen LogP contribution in [-0.2, 0) is 16.9 Å². The van der Waals surface area contributed by atoms with Crippen LogP contribution in [0.5, 0.6) is 5.75 Å². The van der Waals surface area contributed by atoms with Gasteiger partial charge in [-0.25, -0.2) is 17.8 Å². The number of H-pyrrole nitrogens is 1. The van der Waals surface area contributed by atoms with Gasteiger partial charge in [-0.1, -0.05) is 0 Å². The van der Waals surface area contributed by atoms with Crippen molar-refractivity contribution >= 4 is 33.0 Å². The van der Waals surface area contributed by atoms with Crippen molar-refractivity contribution in [2.75, 3.05) is 24.0 Å². The van der Waals surface area contributed by atoms with Gasteiger partial charge < -0.3 is 15.4 Å². The maximum absolute atomic E-state index is 14.8. The summed E-state index contributed by atoms with van der Waals surface area (Å²) < 4.78 is 45.7. The molecule has 1 aromatic carbocycles. The molecule has 3 N–H and O–H groups in total. The lowest BCUT2D eigenvalue weighted by Crippen LogP contribution is -2.07. The fourth-order valence-corrected chi connectivity index (χ4v) is 4.15. The van der Waals surface area contributed by atoms with Crippen LogP contribution in [0.1, 0.15) is 11.3 Å². The number of methoxy groups -OCH3 is 1. The van der Waals surface area contributed by atoms with Crippen molar-refractivity contribution in [2.24, 2.45) is 7.05 Å². The summed E-state index contributed by atoms with van der Waals surface area (Å²) in [4.78, 5) is 4.53. The summed E-state index contributed by atoms with van der Waals surface area (Å²) in [7, 11) is -0.204. The topological polar surface area (TPSA) is 127 Å². The standard InChI is InChI=1S/C22H24FN7O3S/c1-12-8-18(29-28-12)26-22-20(33-4)19(14-10-24-30(3)11-14)13(2)21(27-22)25-17-7-6-15(9-16(17)23)34(5,31)32/h6-11H,1-5H3,(H3,25,26,27,28,29). The van der Waals surface area contributed by atoms with Gasteiger partial charge in [0.25, 0.3) is 0 Å². The third-order valence-electron chi connectivity index (χ3n) is 5.17. The number of ether oxygens (including phenoxy) is 1. The largest absolute Gasteiger partial charge is 0.492 e. The molecule has 0 bridgehead atoms. The van der Waals surface area contributed by atoms with Gasteiger partial charge in [-0.05, 0) is 32.0 Å². The first kappa shape index (κ1) is 23.2. The molecule has 12 heteroatoms. The maximum Gasteiger partial charge on any atom is 0.177 e. The molecule has 0 amide bonds. The van der Waals surface area contributed by atoms with Crippen LogP contribution >= 0.6 is 0 Å². The first-order valence-electron chi connectivity index (χ1n) is 10.2. The van der Waals surface area contributed by atoms with Crippen molar-refractivity contribution in [2.45, 2.75) is 18.7 Å². The van der Waals surface area contributed by atoms with Crippen LogP contribution in [0.4, 0.5) is 27.5 Å². The molecule has 34 heavy (non-hydrogen) atoms. The van der Waals surface area contributed by atoms with E-state index in [0.29, 0.717) is 34.3 Å². The zero-order valence-electron chi connectivity index (χ0n) is 19.3. The van der Waals surface area contributed by atoms with Crippen molar-refractivity contribution in [3.05, 3.63) is 53.7 Å². The van der Waals surface area contributed by atoms with Crippen LogP contribution in [0, 0.1) is 19.7 Å². The number of benzene rings is 1. The minimum Gasteiger partial charge on any atom is -0.492 e. The molecule has 0 saturated heterocycles. The molecular weight excluding hydrogens is 461 g/mol. The molecule has 0 atom stereocenters. The highest BCUT2D eigenvalue weighted by Gasteiger charge is 2.22. The average Bonchev–Trinajstić information content (AvgIpc) is 3.38. The van der Waals surface area contributed by atoms with Crippen LogP contribution in [-0.4, -0.2) is 46.7 Å². The molecule has 178 valence electrons. The molecule has 0 unspecified atom stereocenters. The molecule has 0 radical (unpaired) electrons. The van der Waals surface area contributed by atoms with E-state index in [9.17, 15) is 12.8 Å². The number of pyridine rings is 1. The van der Waals surface area contributed by atoms with Crippen LogP contribution < -0.4 is 15.4 Å². The van der Waals surface area contributed by atoms with Crippen molar-refractivity contribution < 1.29 is 17.5 Å². The minimum absolute atomic E-state index is 0.0758. The van der Waals surface area contributed by atoms with Crippen LogP contribution in [0.3, 0.4) is 0 Å². The van der Waals surface area contributed by atoms with Gasteiger partial charge in [0.2, 0.25) is 0 Å². The Morgan fingerprint density at radius 3 is 2.47 bits per heavy atom. The number of halogens is 1. The number of aryl methyl sites for hydroxylation is 2. The van der Waals surface area contributed by atoms with Crippen LogP contribution in [0.2, 0.25) is 0 Å². The Kier molecular flexibility index (Phi) is 6.00. The minimum atomic E-state index is -3.54. The van der Waals surface area contributed by atoms with E-state index >= 15 is 0 Å². The first-order chi connectivity index (χ1) is 16.1. The summed E-state index contributed by atoms with van der Waals surface area (Å²) in [6.45, 7) is 3.69. The Hall–Kier alpha value is -3.93. The van der Waals surface area contributed by atoms with Gasteiger partial charge in [0, 0.05) is 48.0 Å². The van der Waals surface area contributed by atoms with Crippen molar-refractivity contribution in [3.8, 4) is 16.9 Å². The Morgan fingerprint density at radius 2 is 1.91 bits per heavy atom. The van der Waals surface area contributed by atoms with E-state index in [1.54, 1.807) is 24.0 Å². The fraction of sp³-hybridized carbons (Fsp3) is 0.227. The molecule has 0 aliphatic carbocycles. The first-order valence-corrected chi connectivity index (χ1v) is 12.1. The predicted molar refractivity (Wildman–Crippen MR) is 127 cm³/mol. The van der Waals surface area contributed by atoms with E-state index in [1.807, 2.05) is 20.0 Å². The molecule has 0 saturated carbocycles. The van der Waals surface area contributed by atoms with E-state index < -0.39 is 15.7 Å². The van der Waals surface area contributed by atoms with Gasteiger partial charge in [0.1, 0.15) is 11.6 Å². The summed E-state index contributed by atoms with van der Waals surface area (Å²) in [5.41, 5.74) is 3.09. The van der Waals surface area contributed by atoms with Gasteiger partial charge in [0.05, 0.1) is 23.9 Å². The monoisotopic (exact) mass is 485 g/mol. The third-order valence-corrected chi connectivity index (χ3v) is 6.28. The highest BCUT2D eigenvalue weighted by molar-refractivity contribution is 7.90. The van der Waals surface area contributed by atoms with E-state index in [1.165, 1.54) is 19.2 Å². The number of hydrogen-bond acceptors (Lipinski definition) is 8. The molecule has 3 heterocycles. The van der Waals surface area contributed by atoms with Crippen LogP contribution in [0.25, 0.3) is 11.1 Å². The summed E-state index contributed by atoms with van der Waals surface area (Å²) >= 11 is 0. The Morgan fingerprint density at radius 1 is 1.15 bits per heavy atom. The number of anilines is 4.